The number of hydrogen-bond donors (Lipinski definition) is 1. The zero-order valence-corrected chi connectivity index (χ0v) is 21.3. The van der Waals surface area contributed by atoms with E-state index in [4.69, 9.17) is 21.4 Å². The van der Waals surface area contributed by atoms with E-state index in [2.05, 4.69) is 10.3 Å². The number of nitrogens with one attached hydrogen (secondary N) is 1. The van der Waals surface area contributed by atoms with Crippen LogP contribution in [0, 0.1) is 5.82 Å². The van der Waals surface area contributed by atoms with Gasteiger partial charge in [0.05, 0.1) is 24.6 Å². The Kier molecular flexibility index (Phi) is 7.25. The van der Waals surface area contributed by atoms with Crippen LogP contribution in [0.5, 0.6) is 5.75 Å². The number of rotatable bonds is 6. The van der Waals surface area contributed by atoms with Gasteiger partial charge in [0.2, 0.25) is 5.91 Å². The topological polar surface area (TPSA) is 83.4 Å². The lowest BCUT2D eigenvalue weighted by Crippen LogP contribution is -2.25. The minimum absolute atomic E-state index is 0.0568. The summed E-state index contributed by atoms with van der Waals surface area (Å²) in [6.07, 6.45) is 0.456. The maximum Gasteiger partial charge on any atom is 0.262 e. The smallest absolute Gasteiger partial charge is 0.262 e. The molecule has 2 amide bonds. The summed E-state index contributed by atoms with van der Waals surface area (Å²) in [7, 11) is 1.52. The molecular formula is C27H22ClFN4O3S. The first kappa shape index (κ1) is 25.0. The molecule has 188 valence electrons. The molecule has 3 aromatic rings. The molecule has 0 radical (unpaired) electrons. The van der Waals surface area contributed by atoms with Crippen LogP contribution in [0.15, 0.2) is 82.9 Å². The molecule has 0 bridgehead atoms. The van der Waals surface area contributed by atoms with Crippen molar-refractivity contribution in [3.05, 3.63) is 94.8 Å². The maximum atomic E-state index is 13.5. The van der Waals surface area contributed by atoms with E-state index in [1.807, 2.05) is 18.2 Å². The average molecular weight is 537 g/mol. The summed E-state index contributed by atoms with van der Waals surface area (Å²) in [6, 6.07) is 20.3. The summed E-state index contributed by atoms with van der Waals surface area (Å²) in [6.45, 7) is 0. The molecule has 0 fully saturated rings. The number of hydrogen-bond acceptors (Lipinski definition) is 6. The fourth-order valence-electron chi connectivity index (χ4n) is 4.20. The third-order valence-electron chi connectivity index (χ3n) is 6.00. The standard InChI is InChI=1S/C27H22ClFN4O3S/c1-36-23-8-3-2-7-20(23)30-25(34)15-24-26(35)31-27(37-24)33-22(17-5-4-6-18(28)13-17)14-21(32-33)16-9-11-19(29)12-10-16/h2-13,22,24H,14-15H2,1H3,(H,30,34)/t22-,24+/m0/s1. The van der Waals surface area contributed by atoms with Gasteiger partial charge in [-0.2, -0.15) is 10.1 Å². The highest BCUT2D eigenvalue weighted by molar-refractivity contribution is 8.15. The van der Waals surface area contributed by atoms with Crippen LogP contribution in [0.25, 0.3) is 0 Å². The van der Waals surface area contributed by atoms with Gasteiger partial charge in [-0.25, -0.2) is 9.40 Å². The Labute approximate surface area is 222 Å². The molecule has 0 saturated carbocycles. The number of halogens is 2. The van der Waals surface area contributed by atoms with Gasteiger partial charge in [0.25, 0.3) is 5.91 Å². The van der Waals surface area contributed by atoms with Gasteiger partial charge in [0.15, 0.2) is 5.17 Å². The number of carbonyl (C=O) groups is 2. The number of para-hydroxylation sites is 2. The normalized spacial score (nSPS) is 19.0. The average Bonchev–Trinajstić information content (AvgIpc) is 3.49. The highest BCUT2D eigenvalue weighted by Gasteiger charge is 2.39. The Hall–Kier alpha value is -3.69. The predicted molar refractivity (Wildman–Crippen MR) is 144 cm³/mol. The maximum absolute atomic E-state index is 13.5. The second kappa shape index (κ2) is 10.7. The monoisotopic (exact) mass is 536 g/mol. The SMILES string of the molecule is COc1ccccc1NC(=O)C[C@H]1SC(N2N=C(c3ccc(F)cc3)C[C@H]2c2cccc(Cl)c2)=NC1=O. The largest absolute Gasteiger partial charge is 0.495 e. The third kappa shape index (κ3) is 5.52. The molecule has 0 saturated heterocycles. The molecule has 7 nitrogen and oxygen atoms in total. The molecule has 2 atom stereocenters. The second-order valence-corrected chi connectivity index (χ2v) is 10.1. The first-order chi connectivity index (χ1) is 17.9. The molecule has 37 heavy (non-hydrogen) atoms. The molecule has 2 heterocycles. The summed E-state index contributed by atoms with van der Waals surface area (Å²) in [4.78, 5) is 29.8. The number of benzene rings is 3. The van der Waals surface area contributed by atoms with Crippen LogP contribution in [0.4, 0.5) is 10.1 Å². The Morgan fingerprint density at radius 3 is 2.70 bits per heavy atom. The number of carbonyl (C=O) groups excluding carboxylic acids is 2. The highest BCUT2D eigenvalue weighted by atomic mass is 35.5. The van der Waals surface area contributed by atoms with Gasteiger partial charge in [-0.05, 0) is 47.5 Å². The number of aliphatic imine (C=N–C) groups is 1. The van der Waals surface area contributed by atoms with Crippen LogP contribution in [0.3, 0.4) is 0 Å². The lowest BCUT2D eigenvalue weighted by molar-refractivity contribution is -0.121. The van der Waals surface area contributed by atoms with Crippen molar-refractivity contribution in [2.75, 3.05) is 12.4 Å². The van der Waals surface area contributed by atoms with Gasteiger partial charge < -0.3 is 10.1 Å². The van der Waals surface area contributed by atoms with Crippen molar-refractivity contribution in [1.29, 1.82) is 0 Å². The van der Waals surface area contributed by atoms with Crippen molar-refractivity contribution in [2.24, 2.45) is 10.1 Å². The number of hydrazone groups is 1. The molecule has 3 aromatic carbocycles. The van der Waals surface area contributed by atoms with Crippen LogP contribution >= 0.6 is 23.4 Å². The molecule has 1 N–H and O–H groups in total. The fraction of sp³-hybridized carbons (Fsp3) is 0.185. The lowest BCUT2D eigenvalue weighted by Gasteiger charge is -2.23. The molecule has 2 aliphatic heterocycles. The van der Waals surface area contributed by atoms with Crippen molar-refractivity contribution < 1.29 is 18.7 Å². The zero-order chi connectivity index (χ0) is 25.9. The van der Waals surface area contributed by atoms with Crippen molar-refractivity contribution in [3.8, 4) is 5.75 Å². The van der Waals surface area contributed by atoms with Crippen LogP contribution in [-0.2, 0) is 9.59 Å². The number of amidine groups is 1. The summed E-state index contributed by atoms with van der Waals surface area (Å²) in [5.74, 6) is -0.524. The first-order valence-electron chi connectivity index (χ1n) is 11.5. The van der Waals surface area contributed by atoms with Crippen LogP contribution in [0.2, 0.25) is 5.02 Å². The van der Waals surface area contributed by atoms with Crippen LogP contribution < -0.4 is 10.1 Å². The number of amides is 2. The van der Waals surface area contributed by atoms with Crippen molar-refractivity contribution in [1.82, 2.24) is 5.01 Å². The van der Waals surface area contributed by atoms with Gasteiger partial charge >= 0.3 is 0 Å². The van der Waals surface area contributed by atoms with E-state index in [9.17, 15) is 14.0 Å². The minimum atomic E-state index is -0.685. The summed E-state index contributed by atoms with van der Waals surface area (Å²) < 4.78 is 18.8. The first-order valence-corrected chi connectivity index (χ1v) is 12.8. The summed E-state index contributed by atoms with van der Waals surface area (Å²) in [5, 5.41) is 9.56. The highest BCUT2D eigenvalue weighted by Crippen LogP contribution is 2.39. The van der Waals surface area contributed by atoms with Crippen molar-refractivity contribution >= 4 is 51.7 Å². The zero-order valence-electron chi connectivity index (χ0n) is 19.7. The minimum Gasteiger partial charge on any atom is -0.495 e. The van der Waals surface area contributed by atoms with Crippen molar-refractivity contribution in [3.63, 3.8) is 0 Å². The van der Waals surface area contributed by atoms with E-state index in [0.29, 0.717) is 28.0 Å². The Morgan fingerprint density at radius 2 is 1.95 bits per heavy atom. The van der Waals surface area contributed by atoms with E-state index < -0.39 is 11.2 Å². The van der Waals surface area contributed by atoms with Crippen LogP contribution in [0.1, 0.15) is 30.0 Å². The molecule has 0 unspecified atom stereocenters. The summed E-state index contributed by atoms with van der Waals surface area (Å²) >= 11 is 7.45. The molecule has 2 aliphatic rings. The summed E-state index contributed by atoms with van der Waals surface area (Å²) in [5.41, 5.74) is 2.94. The third-order valence-corrected chi connectivity index (χ3v) is 7.38. The fourth-order valence-corrected chi connectivity index (χ4v) is 5.46. The van der Waals surface area contributed by atoms with Gasteiger partial charge in [-0.3, -0.25) is 9.59 Å². The second-order valence-electron chi connectivity index (χ2n) is 8.46. The predicted octanol–water partition coefficient (Wildman–Crippen LogP) is 5.67. The molecule has 0 aliphatic carbocycles. The van der Waals surface area contributed by atoms with Gasteiger partial charge in [-0.15, -0.1) is 0 Å². The van der Waals surface area contributed by atoms with Crippen molar-refractivity contribution in [2.45, 2.75) is 24.1 Å². The Morgan fingerprint density at radius 1 is 1.16 bits per heavy atom. The van der Waals surface area contributed by atoms with E-state index >= 15 is 0 Å². The van der Waals surface area contributed by atoms with E-state index in [0.717, 1.165) is 16.8 Å². The molecule has 0 spiro atoms. The Balaban J connectivity index is 1.35. The van der Waals surface area contributed by atoms with Gasteiger partial charge in [-0.1, -0.05) is 59.8 Å². The number of thioether (sulfide) groups is 1. The van der Waals surface area contributed by atoms with E-state index in [-0.39, 0.29) is 24.2 Å². The number of methoxy groups -OCH3 is 1. The molecule has 0 aromatic heterocycles. The van der Waals surface area contributed by atoms with Gasteiger partial charge in [0, 0.05) is 17.9 Å². The quantitative estimate of drug-likeness (QED) is 0.439. The number of ether oxygens (including phenoxy) is 1. The van der Waals surface area contributed by atoms with Gasteiger partial charge in [0.1, 0.15) is 16.8 Å². The van der Waals surface area contributed by atoms with E-state index in [1.54, 1.807) is 47.5 Å². The molecular weight excluding hydrogens is 515 g/mol. The lowest BCUT2D eigenvalue weighted by atomic mass is 9.98. The van der Waals surface area contributed by atoms with E-state index in [1.165, 1.54) is 31.0 Å². The van der Waals surface area contributed by atoms with Crippen LogP contribution in [-0.4, -0.2) is 40.1 Å². The molecule has 10 heteroatoms. The number of anilines is 1. The number of nitrogens with zero attached hydrogens (tertiary/aromatic N) is 3. The molecule has 5 rings (SSSR count). The Bertz CT molecular complexity index is 1410.